The Hall–Kier alpha value is -1.58. The molecule has 1 fully saturated rings. The molecule has 1 saturated heterocycles. The highest BCUT2D eigenvalue weighted by Crippen LogP contribution is 2.19. The number of carboxylic acids is 1. The summed E-state index contributed by atoms with van der Waals surface area (Å²) in [6, 6.07) is -0.110. The fourth-order valence-corrected chi connectivity index (χ4v) is 1.86. The number of aliphatic carboxylic acids is 1. The van der Waals surface area contributed by atoms with E-state index in [9.17, 15) is 9.59 Å². The summed E-state index contributed by atoms with van der Waals surface area (Å²) in [4.78, 5) is 22.3. The molecular weight excluding hydrogens is 206 g/mol. The van der Waals surface area contributed by atoms with Crippen molar-refractivity contribution in [2.24, 2.45) is 5.92 Å². The molecule has 0 spiro atoms. The van der Waals surface area contributed by atoms with E-state index in [4.69, 9.17) is 5.11 Å². The summed E-state index contributed by atoms with van der Waals surface area (Å²) >= 11 is 0. The van der Waals surface area contributed by atoms with Gasteiger partial charge in [0.25, 0.3) is 0 Å². The van der Waals surface area contributed by atoms with E-state index in [0.717, 1.165) is 19.3 Å². The van der Waals surface area contributed by atoms with E-state index in [0.29, 0.717) is 6.42 Å². The Balaban J connectivity index is 2.57. The zero-order valence-electron chi connectivity index (χ0n) is 9.24. The molecule has 4 nitrogen and oxygen atoms in total. The van der Waals surface area contributed by atoms with Crippen LogP contribution in [0.15, 0.2) is 24.8 Å². The van der Waals surface area contributed by atoms with Crippen LogP contribution in [-0.4, -0.2) is 23.0 Å². The van der Waals surface area contributed by atoms with Gasteiger partial charge in [0.15, 0.2) is 0 Å². The van der Waals surface area contributed by atoms with Crippen LogP contribution in [0.1, 0.15) is 25.7 Å². The number of hydrogen-bond acceptors (Lipinski definition) is 2. The molecule has 0 saturated carbocycles. The van der Waals surface area contributed by atoms with Crippen molar-refractivity contribution >= 4 is 11.9 Å². The Bertz CT molecular complexity index is 322. The molecule has 2 N–H and O–H groups in total. The Morgan fingerprint density at radius 3 is 2.81 bits per heavy atom. The van der Waals surface area contributed by atoms with Gasteiger partial charge in [-0.2, -0.15) is 0 Å². The van der Waals surface area contributed by atoms with Gasteiger partial charge >= 0.3 is 5.97 Å². The summed E-state index contributed by atoms with van der Waals surface area (Å²) in [6.07, 6.45) is 4.43. The van der Waals surface area contributed by atoms with Crippen molar-refractivity contribution in [3.63, 3.8) is 0 Å². The molecule has 4 heteroatoms. The number of carbonyl (C=O) groups is 2. The lowest BCUT2D eigenvalue weighted by atomic mass is 10.0. The Labute approximate surface area is 95.0 Å². The molecule has 0 radical (unpaired) electrons. The van der Waals surface area contributed by atoms with Crippen LogP contribution in [-0.2, 0) is 9.59 Å². The summed E-state index contributed by atoms with van der Waals surface area (Å²) in [5.41, 5.74) is 0.141. The number of carboxylic acid groups (broad SMARTS) is 1. The van der Waals surface area contributed by atoms with Gasteiger partial charge in [0.05, 0.1) is 5.92 Å². The third-order valence-electron chi connectivity index (χ3n) is 2.83. The lowest BCUT2D eigenvalue weighted by molar-refractivity contribution is -0.133. The molecule has 1 aliphatic rings. The van der Waals surface area contributed by atoms with Gasteiger partial charge in [0, 0.05) is 11.6 Å². The van der Waals surface area contributed by atoms with Crippen molar-refractivity contribution in [1.82, 2.24) is 5.32 Å². The minimum Gasteiger partial charge on any atom is -0.478 e. The highest BCUT2D eigenvalue weighted by atomic mass is 16.4. The van der Waals surface area contributed by atoms with Gasteiger partial charge in [0.2, 0.25) is 5.91 Å². The maximum atomic E-state index is 11.6. The minimum atomic E-state index is -1.00. The van der Waals surface area contributed by atoms with Gasteiger partial charge in [0.1, 0.15) is 0 Å². The van der Waals surface area contributed by atoms with Crippen molar-refractivity contribution in [3.8, 4) is 0 Å². The van der Waals surface area contributed by atoms with E-state index in [1.807, 2.05) is 0 Å². The Kier molecular flexibility index (Phi) is 4.28. The highest BCUT2D eigenvalue weighted by molar-refractivity contribution is 5.86. The molecule has 0 aromatic heterocycles. The minimum absolute atomic E-state index is 0.0595. The molecule has 2 unspecified atom stereocenters. The fourth-order valence-electron chi connectivity index (χ4n) is 1.86. The highest BCUT2D eigenvalue weighted by Gasteiger charge is 2.24. The monoisotopic (exact) mass is 223 g/mol. The van der Waals surface area contributed by atoms with Gasteiger partial charge in [-0.1, -0.05) is 19.1 Å². The molecule has 1 aliphatic heterocycles. The van der Waals surface area contributed by atoms with Gasteiger partial charge in [-0.25, -0.2) is 4.79 Å². The average molecular weight is 223 g/mol. The lowest BCUT2D eigenvalue weighted by Crippen LogP contribution is -2.36. The Morgan fingerprint density at radius 1 is 1.56 bits per heavy atom. The summed E-state index contributed by atoms with van der Waals surface area (Å²) in [7, 11) is 0. The van der Waals surface area contributed by atoms with Crippen molar-refractivity contribution in [1.29, 1.82) is 0 Å². The number of amides is 1. The van der Waals surface area contributed by atoms with Crippen LogP contribution in [0.4, 0.5) is 0 Å². The largest absolute Gasteiger partial charge is 0.478 e. The smallest absolute Gasteiger partial charge is 0.331 e. The first-order valence-corrected chi connectivity index (χ1v) is 5.38. The van der Waals surface area contributed by atoms with E-state index < -0.39 is 5.97 Å². The Morgan fingerprint density at radius 2 is 2.25 bits per heavy atom. The fraction of sp³-hybridized carbons (Fsp3) is 0.500. The zero-order valence-corrected chi connectivity index (χ0v) is 9.24. The van der Waals surface area contributed by atoms with E-state index in [1.165, 1.54) is 0 Å². The number of hydrogen-bond donors (Lipinski definition) is 2. The second kappa shape index (κ2) is 5.49. The predicted molar refractivity (Wildman–Crippen MR) is 60.9 cm³/mol. The predicted octanol–water partition coefficient (Wildman–Crippen LogP) is 1.49. The second-order valence-corrected chi connectivity index (χ2v) is 4.09. The molecule has 1 rings (SSSR count). The van der Waals surface area contributed by atoms with Gasteiger partial charge in [-0.15, -0.1) is 6.58 Å². The van der Waals surface area contributed by atoms with Crippen LogP contribution in [0.25, 0.3) is 0 Å². The quantitative estimate of drug-likeness (QED) is 0.560. The third kappa shape index (κ3) is 3.22. The SMILES string of the molecule is C=CC1CCCC(CC(=C)C(=O)O)NC1=O. The van der Waals surface area contributed by atoms with E-state index in [2.05, 4.69) is 18.5 Å². The zero-order chi connectivity index (χ0) is 12.1. The molecule has 1 amide bonds. The molecule has 16 heavy (non-hydrogen) atoms. The van der Waals surface area contributed by atoms with Crippen LogP contribution in [0.5, 0.6) is 0 Å². The summed E-state index contributed by atoms with van der Waals surface area (Å²) in [5, 5.41) is 11.5. The number of carbonyl (C=O) groups excluding carboxylic acids is 1. The average Bonchev–Trinajstić information content (AvgIpc) is 2.39. The van der Waals surface area contributed by atoms with Crippen molar-refractivity contribution in [2.75, 3.05) is 0 Å². The van der Waals surface area contributed by atoms with Crippen molar-refractivity contribution in [2.45, 2.75) is 31.7 Å². The van der Waals surface area contributed by atoms with Crippen LogP contribution in [0.3, 0.4) is 0 Å². The molecule has 0 aromatic carbocycles. The van der Waals surface area contributed by atoms with Crippen LogP contribution >= 0.6 is 0 Å². The van der Waals surface area contributed by atoms with E-state index >= 15 is 0 Å². The molecule has 1 heterocycles. The van der Waals surface area contributed by atoms with E-state index in [1.54, 1.807) is 6.08 Å². The van der Waals surface area contributed by atoms with Crippen LogP contribution in [0, 0.1) is 5.92 Å². The maximum Gasteiger partial charge on any atom is 0.331 e. The molecule has 88 valence electrons. The molecule has 0 aromatic rings. The van der Waals surface area contributed by atoms with Crippen LogP contribution < -0.4 is 5.32 Å². The van der Waals surface area contributed by atoms with Gasteiger partial charge < -0.3 is 10.4 Å². The maximum absolute atomic E-state index is 11.6. The lowest BCUT2D eigenvalue weighted by Gasteiger charge is -2.16. The molecular formula is C12H17NO3. The molecule has 0 aliphatic carbocycles. The normalized spacial score (nSPS) is 25.4. The van der Waals surface area contributed by atoms with Crippen LogP contribution in [0.2, 0.25) is 0 Å². The second-order valence-electron chi connectivity index (χ2n) is 4.09. The van der Waals surface area contributed by atoms with Crippen molar-refractivity contribution in [3.05, 3.63) is 24.8 Å². The summed E-state index contributed by atoms with van der Waals surface area (Å²) in [5.74, 6) is -1.21. The third-order valence-corrected chi connectivity index (χ3v) is 2.83. The number of nitrogens with one attached hydrogen (secondary N) is 1. The van der Waals surface area contributed by atoms with Gasteiger partial charge in [-0.3, -0.25) is 4.79 Å². The topological polar surface area (TPSA) is 66.4 Å². The first kappa shape index (κ1) is 12.5. The van der Waals surface area contributed by atoms with Crippen molar-refractivity contribution < 1.29 is 14.7 Å². The van der Waals surface area contributed by atoms with Gasteiger partial charge in [-0.05, 0) is 19.3 Å². The summed E-state index contributed by atoms with van der Waals surface area (Å²) < 4.78 is 0. The first-order chi connectivity index (χ1) is 7.54. The van der Waals surface area contributed by atoms with E-state index in [-0.39, 0.29) is 23.4 Å². The molecule has 0 bridgehead atoms. The standard InChI is InChI=1S/C12H17NO3/c1-3-9-5-4-6-10(13-11(9)14)7-8(2)12(15)16/h3,9-10H,1-2,4-7H2,(H,13,14)(H,15,16). The number of rotatable bonds is 4. The molecule has 2 atom stereocenters. The first-order valence-electron chi connectivity index (χ1n) is 5.38. The summed E-state index contributed by atoms with van der Waals surface area (Å²) in [6.45, 7) is 7.09.